The fraction of sp³-hybridized carbons (Fsp3) is 0.481. The van der Waals surface area contributed by atoms with Crippen molar-refractivity contribution in [1.29, 1.82) is 0 Å². The normalized spacial score (nSPS) is 18.2. The Kier molecular flexibility index (Phi) is 8.37. The van der Waals surface area contributed by atoms with Crippen molar-refractivity contribution >= 4 is 34.9 Å². The van der Waals surface area contributed by atoms with Gasteiger partial charge in [0.1, 0.15) is 17.4 Å². The molecule has 1 aliphatic heterocycles. The monoisotopic (exact) mass is 527 g/mol. The zero-order chi connectivity index (χ0) is 27.7. The maximum absolute atomic E-state index is 13.2. The van der Waals surface area contributed by atoms with E-state index in [0.29, 0.717) is 46.6 Å². The number of likely N-dealkylation sites (tertiary alicyclic amines) is 1. The van der Waals surface area contributed by atoms with E-state index in [1.165, 1.54) is 6.08 Å². The van der Waals surface area contributed by atoms with E-state index in [9.17, 15) is 9.59 Å². The minimum Gasteiger partial charge on any atom is -0.398 e. The summed E-state index contributed by atoms with van der Waals surface area (Å²) in [5.41, 5.74) is 15.4. The number of anilines is 1. The van der Waals surface area contributed by atoms with Crippen LogP contribution in [0.3, 0.4) is 0 Å². The summed E-state index contributed by atoms with van der Waals surface area (Å²) in [6, 6.07) is 3.44. The molecule has 0 saturated carbocycles. The second-order valence-corrected chi connectivity index (χ2v) is 11.0. The standard InChI is InChI=1S/C27H38ClN7O2/c1-8-16-13-35(23(36)9-2)14-21(16)33-26(37)24-15(3)32-22(34(24)7)12-31-25(30)17-10-18(27(4,5)6)19(28)11-20(17)29/h9-11,16,21H,2,8,12-14,29H2,1,3-7H3,(H2,30,31)(H,33,37)/t16-,21+/m1/s1. The molecule has 1 aromatic carbocycles. The number of hydrogen-bond acceptors (Lipinski definition) is 5. The summed E-state index contributed by atoms with van der Waals surface area (Å²) in [5, 5.41) is 3.69. The molecule has 0 unspecified atom stereocenters. The van der Waals surface area contributed by atoms with Gasteiger partial charge < -0.3 is 26.3 Å². The minimum atomic E-state index is -0.233. The Hall–Kier alpha value is -3.33. The molecule has 0 aliphatic carbocycles. The zero-order valence-corrected chi connectivity index (χ0v) is 23.3. The number of aryl methyl sites for hydroxylation is 1. The summed E-state index contributed by atoms with van der Waals surface area (Å²) in [7, 11) is 1.78. The first-order valence-corrected chi connectivity index (χ1v) is 12.8. The fourth-order valence-electron chi connectivity index (χ4n) is 4.77. The van der Waals surface area contributed by atoms with Gasteiger partial charge in [-0.05, 0) is 48.4 Å². The lowest BCUT2D eigenvalue weighted by Gasteiger charge is -2.22. The summed E-state index contributed by atoms with van der Waals surface area (Å²) in [6.07, 6.45) is 2.16. The SMILES string of the molecule is C=CC(=O)N1C[C@@H](CC)[C@@H](NC(=O)c2c(C)nc(CN=C(N)c3cc(C(C)(C)C)c(Cl)cc3N)n2C)C1. The summed E-state index contributed by atoms with van der Waals surface area (Å²) in [4.78, 5) is 36.1. The van der Waals surface area contributed by atoms with Crippen molar-refractivity contribution < 1.29 is 9.59 Å². The van der Waals surface area contributed by atoms with Gasteiger partial charge in [0, 0.05) is 36.4 Å². The van der Waals surface area contributed by atoms with Crippen LogP contribution in [-0.2, 0) is 23.8 Å². The van der Waals surface area contributed by atoms with Crippen LogP contribution in [0.15, 0.2) is 29.8 Å². The number of amides is 2. The van der Waals surface area contributed by atoms with Gasteiger partial charge in [0.25, 0.3) is 5.91 Å². The van der Waals surface area contributed by atoms with Crippen LogP contribution in [0.2, 0.25) is 5.02 Å². The number of hydrogen-bond donors (Lipinski definition) is 3. The topological polar surface area (TPSA) is 132 Å². The van der Waals surface area contributed by atoms with Crippen LogP contribution in [0.25, 0.3) is 0 Å². The molecule has 200 valence electrons. The average molecular weight is 528 g/mol. The molecule has 2 heterocycles. The second kappa shape index (κ2) is 11.0. The number of nitrogens with zero attached hydrogens (tertiary/aromatic N) is 4. The van der Waals surface area contributed by atoms with Gasteiger partial charge in [-0.2, -0.15) is 0 Å². The first kappa shape index (κ1) is 28.2. The number of imidazole rings is 1. The molecule has 2 aromatic rings. The molecule has 37 heavy (non-hydrogen) atoms. The van der Waals surface area contributed by atoms with Crippen LogP contribution in [0.1, 0.15) is 67.2 Å². The molecular weight excluding hydrogens is 490 g/mol. The van der Waals surface area contributed by atoms with E-state index >= 15 is 0 Å². The number of carbonyl (C=O) groups excluding carboxylic acids is 2. The van der Waals surface area contributed by atoms with Crippen molar-refractivity contribution in [3.05, 3.63) is 58.1 Å². The summed E-state index contributed by atoms with van der Waals surface area (Å²) in [6.45, 7) is 14.8. The largest absolute Gasteiger partial charge is 0.398 e. The van der Waals surface area contributed by atoms with Crippen molar-refractivity contribution in [2.24, 2.45) is 23.7 Å². The van der Waals surface area contributed by atoms with Crippen LogP contribution in [0.5, 0.6) is 0 Å². The first-order chi connectivity index (χ1) is 17.3. The highest BCUT2D eigenvalue weighted by molar-refractivity contribution is 6.32. The van der Waals surface area contributed by atoms with Gasteiger partial charge in [0.2, 0.25) is 5.91 Å². The minimum absolute atomic E-state index is 0.124. The lowest BCUT2D eigenvalue weighted by Crippen LogP contribution is -2.41. The molecular formula is C27H38ClN7O2. The summed E-state index contributed by atoms with van der Waals surface area (Å²) < 4.78 is 1.73. The van der Waals surface area contributed by atoms with Crippen molar-refractivity contribution in [2.75, 3.05) is 18.8 Å². The van der Waals surface area contributed by atoms with Gasteiger partial charge in [-0.3, -0.25) is 14.6 Å². The predicted molar refractivity (Wildman–Crippen MR) is 149 cm³/mol. The van der Waals surface area contributed by atoms with Crippen LogP contribution in [-0.4, -0.2) is 51.2 Å². The number of halogens is 1. The number of carbonyl (C=O) groups is 2. The molecule has 0 spiro atoms. The van der Waals surface area contributed by atoms with Crippen LogP contribution in [0.4, 0.5) is 5.69 Å². The first-order valence-electron chi connectivity index (χ1n) is 12.4. The molecule has 9 nitrogen and oxygen atoms in total. The molecule has 1 saturated heterocycles. The number of aromatic nitrogens is 2. The van der Waals surface area contributed by atoms with E-state index in [0.717, 1.165) is 12.0 Å². The molecule has 2 amide bonds. The number of amidine groups is 1. The summed E-state index contributed by atoms with van der Waals surface area (Å²) >= 11 is 6.41. The molecule has 0 radical (unpaired) electrons. The molecule has 0 bridgehead atoms. The Morgan fingerprint density at radius 2 is 2.00 bits per heavy atom. The molecule has 10 heteroatoms. The Labute approximate surface area is 224 Å². The third kappa shape index (κ3) is 5.98. The van der Waals surface area contributed by atoms with Crippen molar-refractivity contribution in [2.45, 2.75) is 59.0 Å². The van der Waals surface area contributed by atoms with Crippen molar-refractivity contribution in [1.82, 2.24) is 19.8 Å². The highest BCUT2D eigenvalue weighted by Gasteiger charge is 2.35. The van der Waals surface area contributed by atoms with Crippen LogP contribution in [0, 0.1) is 12.8 Å². The van der Waals surface area contributed by atoms with E-state index in [4.69, 9.17) is 23.1 Å². The third-order valence-electron chi connectivity index (χ3n) is 6.96. The highest BCUT2D eigenvalue weighted by atomic mass is 35.5. The number of nitrogens with two attached hydrogens (primary N) is 2. The molecule has 3 rings (SSSR count). The van der Waals surface area contributed by atoms with E-state index in [2.05, 4.69) is 49.6 Å². The van der Waals surface area contributed by atoms with Crippen LogP contribution >= 0.6 is 11.6 Å². The maximum atomic E-state index is 13.2. The third-order valence-corrected chi connectivity index (χ3v) is 7.27. The number of aliphatic imine (C=N–C) groups is 1. The van der Waals surface area contributed by atoms with E-state index in [1.807, 2.05) is 6.07 Å². The number of nitrogen functional groups attached to an aromatic ring is 1. The quantitative estimate of drug-likeness (QED) is 0.220. The zero-order valence-electron chi connectivity index (χ0n) is 22.6. The Morgan fingerprint density at radius 1 is 1.32 bits per heavy atom. The van der Waals surface area contributed by atoms with Gasteiger partial charge in [0.15, 0.2) is 0 Å². The fourth-order valence-corrected chi connectivity index (χ4v) is 5.23. The van der Waals surface area contributed by atoms with Gasteiger partial charge in [-0.15, -0.1) is 0 Å². The van der Waals surface area contributed by atoms with E-state index in [1.54, 1.807) is 29.5 Å². The number of rotatable bonds is 7. The second-order valence-electron chi connectivity index (χ2n) is 10.6. The molecule has 2 atom stereocenters. The number of nitrogens with one attached hydrogen (secondary N) is 1. The van der Waals surface area contributed by atoms with Gasteiger partial charge in [-0.25, -0.2) is 4.98 Å². The lowest BCUT2D eigenvalue weighted by atomic mass is 9.85. The summed E-state index contributed by atoms with van der Waals surface area (Å²) in [5.74, 6) is 0.684. The molecule has 1 aromatic heterocycles. The Bertz CT molecular complexity index is 1240. The number of benzene rings is 1. The average Bonchev–Trinajstić information content (AvgIpc) is 3.35. The molecule has 1 fully saturated rings. The Balaban J connectivity index is 1.80. The van der Waals surface area contributed by atoms with E-state index in [-0.39, 0.29) is 41.6 Å². The maximum Gasteiger partial charge on any atom is 0.270 e. The Morgan fingerprint density at radius 3 is 2.59 bits per heavy atom. The molecule has 1 aliphatic rings. The van der Waals surface area contributed by atoms with Gasteiger partial charge in [0.05, 0.1) is 18.3 Å². The highest BCUT2D eigenvalue weighted by Crippen LogP contribution is 2.33. The van der Waals surface area contributed by atoms with E-state index < -0.39 is 0 Å². The molecule has 5 N–H and O–H groups in total. The van der Waals surface area contributed by atoms with Crippen molar-refractivity contribution in [3.8, 4) is 0 Å². The lowest BCUT2D eigenvalue weighted by molar-refractivity contribution is -0.125. The smallest absolute Gasteiger partial charge is 0.270 e. The van der Waals surface area contributed by atoms with Crippen LogP contribution < -0.4 is 16.8 Å². The van der Waals surface area contributed by atoms with Gasteiger partial charge >= 0.3 is 0 Å². The van der Waals surface area contributed by atoms with Gasteiger partial charge in [-0.1, -0.05) is 45.9 Å². The predicted octanol–water partition coefficient (Wildman–Crippen LogP) is 3.32. The van der Waals surface area contributed by atoms with Crippen molar-refractivity contribution in [3.63, 3.8) is 0 Å².